The van der Waals surface area contributed by atoms with Crippen LogP contribution in [0.2, 0.25) is 0 Å². The minimum atomic E-state index is 0.188. The first kappa shape index (κ1) is 16.2. The normalized spacial score (nSPS) is 12.4. The second-order valence-corrected chi connectivity index (χ2v) is 6.57. The summed E-state index contributed by atoms with van der Waals surface area (Å²) in [5.74, 6) is 0.604. The van der Waals surface area contributed by atoms with Crippen molar-refractivity contribution in [1.29, 1.82) is 0 Å². The van der Waals surface area contributed by atoms with Crippen molar-refractivity contribution in [3.8, 4) is 0 Å². The summed E-state index contributed by atoms with van der Waals surface area (Å²) >= 11 is 0. The van der Waals surface area contributed by atoms with Crippen molar-refractivity contribution in [3.05, 3.63) is 35.4 Å². The molecule has 0 unspecified atom stereocenters. The summed E-state index contributed by atoms with van der Waals surface area (Å²) in [6.45, 7) is 15.0. The molecule has 0 aliphatic heterocycles. The van der Waals surface area contributed by atoms with E-state index in [0.717, 1.165) is 26.2 Å². The van der Waals surface area contributed by atoms with Crippen LogP contribution in [0.3, 0.4) is 0 Å². The monoisotopic (exact) mass is 262 g/mol. The number of hydrogen-bond acceptors (Lipinski definition) is 2. The fourth-order valence-electron chi connectivity index (χ4n) is 2.22. The second-order valence-electron chi connectivity index (χ2n) is 6.57. The Labute approximate surface area is 119 Å². The van der Waals surface area contributed by atoms with Crippen molar-refractivity contribution < 1.29 is 0 Å². The minimum absolute atomic E-state index is 0.188. The van der Waals surface area contributed by atoms with Gasteiger partial charge in [0.15, 0.2) is 0 Å². The Hall–Kier alpha value is -0.860. The van der Waals surface area contributed by atoms with Crippen LogP contribution in [-0.4, -0.2) is 24.5 Å². The molecule has 1 rings (SSSR count). The zero-order valence-corrected chi connectivity index (χ0v) is 13.2. The van der Waals surface area contributed by atoms with Gasteiger partial charge in [0.1, 0.15) is 0 Å². The molecule has 2 N–H and O–H groups in total. The summed E-state index contributed by atoms with van der Waals surface area (Å²) in [6.07, 6.45) is 0. The standard InChI is InChI=1S/C17H30N2/c1-6-19(13-17(4,5)12-18)11-15-7-9-16(10-8-15)14(2)3/h7-10,14H,6,11-13,18H2,1-5H3. The van der Waals surface area contributed by atoms with Gasteiger partial charge >= 0.3 is 0 Å². The van der Waals surface area contributed by atoms with Crippen LogP contribution in [0.4, 0.5) is 0 Å². The van der Waals surface area contributed by atoms with E-state index < -0.39 is 0 Å². The summed E-state index contributed by atoms with van der Waals surface area (Å²) < 4.78 is 0. The Morgan fingerprint density at radius 2 is 1.74 bits per heavy atom. The van der Waals surface area contributed by atoms with Gasteiger partial charge in [-0.2, -0.15) is 0 Å². The molecule has 0 aliphatic carbocycles. The van der Waals surface area contributed by atoms with Crippen molar-refractivity contribution in [3.63, 3.8) is 0 Å². The lowest BCUT2D eigenvalue weighted by molar-refractivity contribution is 0.183. The van der Waals surface area contributed by atoms with Gasteiger partial charge in [0.2, 0.25) is 0 Å². The third-order valence-corrected chi connectivity index (χ3v) is 3.70. The molecule has 0 fully saturated rings. The summed E-state index contributed by atoms with van der Waals surface area (Å²) in [6, 6.07) is 9.02. The molecule has 0 atom stereocenters. The number of benzene rings is 1. The second kappa shape index (κ2) is 7.06. The van der Waals surface area contributed by atoms with E-state index in [-0.39, 0.29) is 5.41 Å². The van der Waals surface area contributed by atoms with E-state index in [9.17, 15) is 0 Å². The molecule has 0 amide bonds. The number of nitrogens with two attached hydrogens (primary N) is 1. The van der Waals surface area contributed by atoms with Gasteiger partial charge in [-0.15, -0.1) is 0 Å². The minimum Gasteiger partial charge on any atom is -0.330 e. The predicted molar refractivity (Wildman–Crippen MR) is 84.3 cm³/mol. The highest BCUT2D eigenvalue weighted by atomic mass is 15.1. The highest BCUT2D eigenvalue weighted by Crippen LogP contribution is 2.18. The highest BCUT2D eigenvalue weighted by molar-refractivity contribution is 5.24. The molecular formula is C17H30N2. The maximum absolute atomic E-state index is 5.83. The molecule has 0 bridgehead atoms. The van der Waals surface area contributed by atoms with Crippen LogP contribution in [0.25, 0.3) is 0 Å². The van der Waals surface area contributed by atoms with Crippen LogP contribution in [0.5, 0.6) is 0 Å². The van der Waals surface area contributed by atoms with Crippen molar-refractivity contribution in [1.82, 2.24) is 4.90 Å². The molecule has 0 saturated carbocycles. The first-order valence-corrected chi connectivity index (χ1v) is 7.39. The van der Waals surface area contributed by atoms with E-state index in [1.54, 1.807) is 0 Å². The molecule has 0 aromatic heterocycles. The van der Waals surface area contributed by atoms with E-state index in [1.807, 2.05) is 0 Å². The van der Waals surface area contributed by atoms with Gasteiger partial charge < -0.3 is 5.73 Å². The molecule has 0 heterocycles. The Morgan fingerprint density at radius 1 is 1.16 bits per heavy atom. The molecule has 2 nitrogen and oxygen atoms in total. The van der Waals surface area contributed by atoms with Gasteiger partial charge in [-0.3, -0.25) is 4.90 Å². The van der Waals surface area contributed by atoms with Crippen LogP contribution in [0.1, 0.15) is 51.7 Å². The molecule has 0 aliphatic rings. The van der Waals surface area contributed by atoms with E-state index in [0.29, 0.717) is 5.92 Å². The zero-order chi connectivity index (χ0) is 14.5. The number of nitrogens with zero attached hydrogens (tertiary/aromatic N) is 1. The summed E-state index contributed by atoms with van der Waals surface area (Å²) in [4.78, 5) is 2.47. The Morgan fingerprint density at radius 3 is 2.16 bits per heavy atom. The summed E-state index contributed by atoms with van der Waals surface area (Å²) in [7, 11) is 0. The van der Waals surface area contributed by atoms with Gasteiger partial charge in [-0.25, -0.2) is 0 Å². The van der Waals surface area contributed by atoms with Gasteiger partial charge in [-0.05, 0) is 35.5 Å². The molecule has 0 radical (unpaired) electrons. The maximum Gasteiger partial charge on any atom is 0.0233 e. The predicted octanol–water partition coefficient (Wildman–Crippen LogP) is 3.62. The Kier molecular flexibility index (Phi) is 6.02. The molecule has 1 aromatic rings. The molecule has 108 valence electrons. The third kappa shape index (κ3) is 5.33. The van der Waals surface area contributed by atoms with Gasteiger partial charge in [0.05, 0.1) is 0 Å². The number of rotatable bonds is 7. The van der Waals surface area contributed by atoms with Gasteiger partial charge in [-0.1, -0.05) is 58.9 Å². The third-order valence-electron chi connectivity index (χ3n) is 3.70. The highest BCUT2D eigenvalue weighted by Gasteiger charge is 2.19. The fourth-order valence-corrected chi connectivity index (χ4v) is 2.22. The van der Waals surface area contributed by atoms with E-state index in [4.69, 9.17) is 5.73 Å². The van der Waals surface area contributed by atoms with Gasteiger partial charge in [0.25, 0.3) is 0 Å². The van der Waals surface area contributed by atoms with E-state index >= 15 is 0 Å². The van der Waals surface area contributed by atoms with Crippen molar-refractivity contribution >= 4 is 0 Å². The largest absolute Gasteiger partial charge is 0.330 e. The lowest BCUT2D eigenvalue weighted by Gasteiger charge is -2.31. The van der Waals surface area contributed by atoms with Crippen molar-refractivity contribution in [2.45, 2.75) is 47.1 Å². The van der Waals surface area contributed by atoms with E-state index in [2.05, 4.69) is 63.8 Å². The first-order valence-electron chi connectivity index (χ1n) is 7.39. The van der Waals surface area contributed by atoms with Crippen molar-refractivity contribution in [2.24, 2.45) is 11.1 Å². The molecule has 19 heavy (non-hydrogen) atoms. The quantitative estimate of drug-likeness (QED) is 0.813. The average molecular weight is 262 g/mol. The molecule has 0 spiro atoms. The van der Waals surface area contributed by atoms with Crippen LogP contribution in [0.15, 0.2) is 24.3 Å². The molecule has 0 saturated heterocycles. The smallest absolute Gasteiger partial charge is 0.0233 e. The van der Waals surface area contributed by atoms with Crippen LogP contribution >= 0.6 is 0 Å². The number of hydrogen-bond donors (Lipinski definition) is 1. The van der Waals surface area contributed by atoms with Crippen LogP contribution in [0, 0.1) is 5.41 Å². The Balaban J connectivity index is 2.65. The Bertz CT molecular complexity index is 365. The lowest BCUT2D eigenvalue weighted by Crippen LogP contribution is -2.38. The molecule has 1 aromatic carbocycles. The SMILES string of the molecule is CCN(Cc1ccc(C(C)C)cc1)CC(C)(C)CN. The van der Waals surface area contributed by atoms with E-state index in [1.165, 1.54) is 11.1 Å². The maximum atomic E-state index is 5.83. The lowest BCUT2D eigenvalue weighted by atomic mass is 9.93. The van der Waals surface area contributed by atoms with Gasteiger partial charge in [0, 0.05) is 13.1 Å². The summed E-state index contributed by atoms with van der Waals surface area (Å²) in [5.41, 5.74) is 8.82. The fraction of sp³-hybridized carbons (Fsp3) is 0.647. The zero-order valence-electron chi connectivity index (χ0n) is 13.2. The van der Waals surface area contributed by atoms with Crippen molar-refractivity contribution in [2.75, 3.05) is 19.6 Å². The molecule has 2 heteroatoms. The van der Waals surface area contributed by atoms with Crippen LogP contribution < -0.4 is 5.73 Å². The summed E-state index contributed by atoms with van der Waals surface area (Å²) in [5, 5.41) is 0. The van der Waals surface area contributed by atoms with Crippen LogP contribution in [-0.2, 0) is 6.54 Å². The topological polar surface area (TPSA) is 29.3 Å². The first-order chi connectivity index (χ1) is 8.88. The average Bonchev–Trinajstić information content (AvgIpc) is 2.38. The molecular weight excluding hydrogens is 232 g/mol.